The summed E-state index contributed by atoms with van der Waals surface area (Å²) in [5.74, 6) is -0.830. The van der Waals surface area contributed by atoms with Gasteiger partial charge >= 0.3 is 6.18 Å². The van der Waals surface area contributed by atoms with E-state index in [2.05, 4.69) is 9.97 Å². The minimum atomic E-state index is -4.66. The van der Waals surface area contributed by atoms with Gasteiger partial charge in [-0.05, 0) is 43.3 Å². The first-order chi connectivity index (χ1) is 18.5. The summed E-state index contributed by atoms with van der Waals surface area (Å²) >= 11 is 0. The van der Waals surface area contributed by atoms with Crippen LogP contribution in [0.2, 0.25) is 0 Å². The normalized spacial score (nSPS) is 20.2. The Labute approximate surface area is 219 Å². The van der Waals surface area contributed by atoms with Crippen molar-refractivity contribution >= 4 is 17.4 Å². The Morgan fingerprint density at radius 2 is 1.74 bits per heavy atom. The van der Waals surface area contributed by atoms with E-state index >= 15 is 0 Å². The van der Waals surface area contributed by atoms with Crippen molar-refractivity contribution in [1.29, 1.82) is 5.41 Å². The van der Waals surface area contributed by atoms with Gasteiger partial charge in [0.25, 0.3) is 5.91 Å². The van der Waals surface area contributed by atoms with Crippen molar-refractivity contribution in [2.75, 3.05) is 13.1 Å². The summed E-state index contributed by atoms with van der Waals surface area (Å²) in [5, 5.41) is 7.82. The molecule has 200 valence electrons. The van der Waals surface area contributed by atoms with E-state index in [1.165, 1.54) is 33.8 Å². The van der Waals surface area contributed by atoms with Gasteiger partial charge in [-0.25, -0.2) is 14.4 Å². The van der Waals surface area contributed by atoms with Crippen LogP contribution in [-0.4, -0.2) is 50.2 Å². The van der Waals surface area contributed by atoms with Crippen molar-refractivity contribution in [2.24, 2.45) is 17.6 Å². The predicted molar refractivity (Wildman–Crippen MR) is 133 cm³/mol. The molecule has 1 aliphatic heterocycles. The number of nitrogens with zero attached hydrogens (tertiary/aromatic N) is 4. The molecule has 1 saturated carbocycles. The van der Waals surface area contributed by atoms with Crippen LogP contribution in [0.4, 0.5) is 17.6 Å². The fourth-order valence-corrected chi connectivity index (χ4v) is 5.17. The summed E-state index contributed by atoms with van der Waals surface area (Å²) in [6.07, 6.45) is -2.07. The van der Waals surface area contributed by atoms with E-state index in [1.54, 1.807) is 31.2 Å². The molecule has 3 atom stereocenters. The Kier molecular flexibility index (Phi) is 5.59. The second-order valence-electron chi connectivity index (χ2n) is 9.87. The number of pyridine rings is 2. The van der Waals surface area contributed by atoms with Crippen LogP contribution in [0.25, 0.3) is 16.9 Å². The summed E-state index contributed by atoms with van der Waals surface area (Å²) in [5.41, 5.74) is 6.33. The van der Waals surface area contributed by atoms with Crippen LogP contribution in [0.3, 0.4) is 0 Å². The van der Waals surface area contributed by atoms with Crippen LogP contribution in [0.5, 0.6) is 5.88 Å². The number of likely N-dealkylation sites (tertiary alicyclic amines) is 1. The van der Waals surface area contributed by atoms with Gasteiger partial charge in [0.05, 0.1) is 22.5 Å². The van der Waals surface area contributed by atoms with Crippen LogP contribution in [0.1, 0.15) is 27.2 Å². The van der Waals surface area contributed by atoms with E-state index in [4.69, 9.17) is 15.9 Å². The second kappa shape index (κ2) is 8.79. The summed E-state index contributed by atoms with van der Waals surface area (Å²) in [7, 11) is 0. The van der Waals surface area contributed by atoms with E-state index in [0.29, 0.717) is 35.6 Å². The molecule has 12 heteroatoms. The number of nitrogens with two attached hydrogens (primary N) is 1. The highest BCUT2D eigenvalue weighted by Gasteiger charge is 2.59. The van der Waals surface area contributed by atoms with Gasteiger partial charge in [0.2, 0.25) is 5.88 Å². The molecule has 1 unspecified atom stereocenters. The molecule has 4 aromatic rings. The van der Waals surface area contributed by atoms with E-state index in [-0.39, 0.29) is 40.9 Å². The third-order valence-electron chi connectivity index (χ3n) is 7.14. The maximum Gasteiger partial charge on any atom is 0.420 e. The van der Waals surface area contributed by atoms with E-state index in [9.17, 15) is 22.4 Å². The van der Waals surface area contributed by atoms with Crippen molar-refractivity contribution in [3.8, 4) is 17.1 Å². The number of aromatic nitrogens is 3. The van der Waals surface area contributed by atoms with Gasteiger partial charge in [-0.3, -0.25) is 10.2 Å². The Morgan fingerprint density at radius 3 is 2.38 bits per heavy atom. The molecule has 2 fully saturated rings. The van der Waals surface area contributed by atoms with Crippen LogP contribution in [0, 0.1) is 30.0 Å². The second-order valence-corrected chi connectivity index (χ2v) is 9.87. The minimum Gasteiger partial charge on any atom is -0.474 e. The number of piperidine rings is 1. The smallest absolute Gasteiger partial charge is 0.420 e. The number of nitrogens with one attached hydrogen (secondary N) is 1. The van der Waals surface area contributed by atoms with Gasteiger partial charge in [-0.15, -0.1) is 0 Å². The molecule has 1 amide bonds. The average molecular weight is 539 g/mol. The van der Waals surface area contributed by atoms with Crippen molar-refractivity contribution < 1.29 is 27.1 Å². The quantitative estimate of drug-likeness (QED) is 0.224. The SMILES string of the molecule is Cc1cn2cc(C(=O)N3C[C@@H]4C(Oc5cc(C(=N)N)cc(-c6ccc(F)cc6)n5)[C@@H]4C3)cc(C(F)(F)F)c2n1. The highest BCUT2D eigenvalue weighted by atomic mass is 19.4. The lowest BCUT2D eigenvalue weighted by molar-refractivity contribution is -0.136. The van der Waals surface area contributed by atoms with Crippen molar-refractivity contribution in [3.05, 3.63) is 83.1 Å². The van der Waals surface area contributed by atoms with Crippen LogP contribution >= 0.6 is 0 Å². The number of ether oxygens (including phenoxy) is 1. The number of amidine groups is 1. The van der Waals surface area contributed by atoms with Gasteiger partial charge in [0, 0.05) is 54.5 Å². The van der Waals surface area contributed by atoms with Gasteiger partial charge in [0.15, 0.2) is 0 Å². The molecule has 1 aromatic carbocycles. The number of aryl methyl sites for hydroxylation is 1. The highest BCUT2D eigenvalue weighted by molar-refractivity contribution is 5.96. The number of carbonyl (C=O) groups is 1. The number of amides is 1. The number of carbonyl (C=O) groups excluding carboxylic acids is 1. The predicted octanol–water partition coefficient (Wildman–Crippen LogP) is 4.30. The molecular weight excluding hydrogens is 516 g/mol. The Hall–Kier alpha value is -4.48. The maximum atomic E-state index is 13.7. The van der Waals surface area contributed by atoms with Crippen LogP contribution < -0.4 is 10.5 Å². The largest absolute Gasteiger partial charge is 0.474 e. The summed E-state index contributed by atoms with van der Waals surface area (Å²) < 4.78 is 61.7. The molecule has 39 heavy (non-hydrogen) atoms. The minimum absolute atomic E-state index is 0.00712. The standard InChI is InChI=1S/C27H22F4N6O2/c1-13-9-36-10-16(6-20(25(36)34-13)27(29,30)31)26(38)37-11-18-19(12-37)23(18)39-22-8-15(24(32)33)7-21(35-22)14-2-4-17(28)5-3-14/h2-10,18-19,23H,11-12H2,1H3,(H3,32,33)/t18-,19+,23?. The van der Waals surface area contributed by atoms with Crippen LogP contribution in [0.15, 0.2) is 54.9 Å². The zero-order chi connectivity index (χ0) is 27.6. The summed E-state index contributed by atoms with van der Waals surface area (Å²) in [6.45, 7) is 2.24. The van der Waals surface area contributed by atoms with Gasteiger partial charge in [0.1, 0.15) is 23.4 Å². The lowest BCUT2D eigenvalue weighted by atomic mass is 10.1. The van der Waals surface area contributed by atoms with Gasteiger partial charge in [-0.1, -0.05) is 0 Å². The Morgan fingerprint density at radius 1 is 1.05 bits per heavy atom. The lowest BCUT2D eigenvalue weighted by Crippen LogP contribution is -2.33. The lowest BCUT2D eigenvalue weighted by Gasteiger charge is -2.21. The first kappa shape index (κ1) is 24.8. The van der Waals surface area contributed by atoms with E-state index in [1.807, 2.05) is 0 Å². The third kappa shape index (κ3) is 4.55. The van der Waals surface area contributed by atoms with Crippen molar-refractivity contribution in [3.63, 3.8) is 0 Å². The number of nitrogen functional groups attached to an aromatic ring is 1. The average Bonchev–Trinajstić information content (AvgIpc) is 3.20. The Bertz CT molecular complexity index is 1620. The molecule has 4 heterocycles. The molecule has 6 rings (SSSR count). The van der Waals surface area contributed by atoms with Gasteiger partial charge < -0.3 is 19.8 Å². The number of fused-ring (bicyclic) bond motifs is 2. The number of halogens is 4. The Balaban J connectivity index is 1.18. The zero-order valence-electron chi connectivity index (χ0n) is 20.5. The van der Waals surface area contributed by atoms with Gasteiger partial charge in [-0.2, -0.15) is 13.2 Å². The molecule has 2 aliphatic rings. The maximum absolute atomic E-state index is 13.7. The van der Waals surface area contributed by atoms with E-state index in [0.717, 1.165) is 6.07 Å². The van der Waals surface area contributed by atoms with Crippen molar-refractivity contribution in [1.82, 2.24) is 19.3 Å². The fraction of sp³-hybridized carbons (Fsp3) is 0.259. The number of hydrogen-bond acceptors (Lipinski definition) is 5. The first-order valence-corrected chi connectivity index (χ1v) is 12.1. The number of rotatable bonds is 5. The third-order valence-corrected chi connectivity index (χ3v) is 7.14. The zero-order valence-corrected chi connectivity index (χ0v) is 20.5. The number of hydrogen-bond donors (Lipinski definition) is 2. The molecular formula is C27H22F4N6O2. The topological polar surface area (TPSA) is 110 Å². The molecule has 0 bridgehead atoms. The molecule has 3 aromatic heterocycles. The monoisotopic (exact) mass is 538 g/mol. The highest BCUT2D eigenvalue weighted by Crippen LogP contribution is 2.48. The number of benzene rings is 1. The molecule has 3 N–H and O–H groups in total. The summed E-state index contributed by atoms with van der Waals surface area (Å²) in [4.78, 5) is 23.1. The molecule has 8 nitrogen and oxygen atoms in total. The molecule has 1 aliphatic carbocycles. The number of imidazole rings is 1. The van der Waals surface area contributed by atoms with Crippen molar-refractivity contribution in [2.45, 2.75) is 19.2 Å². The fourth-order valence-electron chi connectivity index (χ4n) is 5.17. The molecule has 0 spiro atoms. The summed E-state index contributed by atoms with van der Waals surface area (Å²) in [6, 6.07) is 9.76. The molecule has 1 saturated heterocycles. The molecule has 0 radical (unpaired) electrons. The van der Waals surface area contributed by atoms with Crippen LogP contribution in [-0.2, 0) is 6.18 Å². The van der Waals surface area contributed by atoms with E-state index < -0.39 is 23.5 Å². The number of alkyl halides is 3. The first-order valence-electron chi connectivity index (χ1n) is 12.1.